The van der Waals surface area contributed by atoms with Crippen LogP contribution >= 0.6 is 19.2 Å². The van der Waals surface area contributed by atoms with Gasteiger partial charge in [0.05, 0.1) is 30.0 Å². The molecule has 0 aliphatic rings. The summed E-state index contributed by atoms with van der Waals surface area (Å²) in [5.41, 5.74) is -0.219. The van der Waals surface area contributed by atoms with Gasteiger partial charge in [0.2, 0.25) is 0 Å². The summed E-state index contributed by atoms with van der Waals surface area (Å²) in [7, 11) is -3.28. The second-order valence-corrected chi connectivity index (χ2v) is 7.96. The molecule has 0 amide bonds. The SMILES string of the molecule is CCOP(=O)(Cc1cccc(Oc2ccc(C(F)(F)F)cc2Cl)c1)OCC. The lowest BCUT2D eigenvalue weighted by molar-refractivity contribution is -0.137. The summed E-state index contributed by atoms with van der Waals surface area (Å²) in [6.07, 6.45) is -4.44. The maximum atomic E-state index is 12.7. The molecule has 0 saturated heterocycles. The molecular weight excluding hydrogens is 404 g/mol. The monoisotopic (exact) mass is 422 g/mol. The summed E-state index contributed by atoms with van der Waals surface area (Å²) in [5, 5.41) is -0.162. The molecule has 4 nitrogen and oxygen atoms in total. The average Bonchev–Trinajstić information content (AvgIpc) is 2.56. The van der Waals surface area contributed by atoms with Crippen LogP contribution in [0.5, 0.6) is 11.5 Å². The lowest BCUT2D eigenvalue weighted by Gasteiger charge is -2.17. The van der Waals surface area contributed by atoms with Crippen LogP contribution in [0.25, 0.3) is 0 Å². The molecule has 0 aromatic heterocycles. The van der Waals surface area contributed by atoms with Gasteiger partial charge in [0, 0.05) is 0 Å². The van der Waals surface area contributed by atoms with E-state index in [1.54, 1.807) is 38.1 Å². The summed E-state index contributed by atoms with van der Waals surface area (Å²) in [6.45, 7) is 3.93. The molecule has 2 aromatic rings. The molecule has 0 bridgehead atoms. The van der Waals surface area contributed by atoms with E-state index in [1.165, 1.54) is 0 Å². The van der Waals surface area contributed by atoms with Crippen LogP contribution in [0.1, 0.15) is 25.0 Å². The van der Waals surface area contributed by atoms with Crippen LogP contribution < -0.4 is 4.74 Å². The van der Waals surface area contributed by atoms with Gasteiger partial charge in [0.25, 0.3) is 0 Å². The predicted octanol–water partition coefficient (Wildman–Crippen LogP) is 6.92. The van der Waals surface area contributed by atoms with Crippen LogP contribution in [0.2, 0.25) is 5.02 Å². The first-order valence-electron chi connectivity index (χ1n) is 8.18. The van der Waals surface area contributed by atoms with Crippen molar-refractivity contribution in [3.8, 4) is 11.5 Å². The van der Waals surface area contributed by atoms with Gasteiger partial charge in [-0.2, -0.15) is 13.2 Å². The van der Waals surface area contributed by atoms with Crippen molar-refractivity contribution in [3.63, 3.8) is 0 Å². The van der Waals surface area contributed by atoms with Crippen molar-refractivity contribution in [3.05, 3.63) is 58.6 Å². The lowest BCUT2D eigenvalue weighted by Crippen LogP contribution is -2.04. The van der Waals surface area contributed by atoms with Crippen LogP contribution in [0.15, 0.2) is 42.5 Å². The van der Waals surface area contributed by atoms with Gasteiger partial charge in [-0.25, -0.2) is 0 Å². The molecule has 9 heteroatoms. The summed E-state index contributed by atoms with van der Waals surface area (Å²) in [4.78, 5) is 0. The maximum absolute atomic E-state index is 12.7. The van der Waals surface area contributed by atoms with Gasteiger partial charge >= 0.3 is 13.8 Å². The predicted molar refractivity (Wildman–Crippen MR) is 97.5 cm³/mol. The minimum absolute atomic E-state index is 0.0482. The Kier molecular flexibility index (Phi) is 7.34. The molecule has 148 valence electrons. The molecule has 0 spiro atoms. The van der Waals surface area contributed by atoms with Crippen molar-refractivity contribution in [1.82, 2.24) is 0 Å². The number of benzene rings is 2. The van der Waals surface area contributed by atoms with E-state index in [0.29, 0.717) is 11.3 Å². The molecule has 0 unspecified atom stereocenters. The molecule has 2 rings (SSSR count). The second-order valence-electron chi connectivity index (χ2n) is 5.50. The third-order valence-electron chi connectivity index (χ3n) is 3.41. The molecule has 0 aliphatic heterocycles. The van der Waals surface area contributed by atoms with Crippen LogP contribution in [-0.4, -0.2) is 13.2 Å². The number of rotatable bonds is 8. The van der Waals surface area contributed by atoms with Gasteiger partial charge in [-0.3, -0.25) is 4.57 Å². The third kappa shape index (κ3) is 6.25. The highest BCUT2D eigenvalue weighted by Crippen LogP contribution is 2.51. The minimum atomic E-state index is -4.48. The van der Waals surface area contributed by atoms with Crippen LogP contribution in [-0.2, 0) is 26.0 Å². The molecule has 0 atom stereocenters. The highest BCUT2D eigenvalue weighted by Gasteiger charge is 2.31. The highest BCUT2D eigenvalue weighted by molar-refractivity contribution is 7.53. The molecule has 2 aromatic carbocycles. The van der Waals surface area contributed by atoms with Gasteiger partial charge in [0.15, 0.2) is 0 Å². The van der Waals surface area contributed by atoms with Crippen molar-refractivity contribution in [2.75, 3.05) is 13.2 Å². The van der Waals surface area contributed by atoms with E-state index in [1.807, 2.05) is 0 Å². The zero-order valence-corrected chi connectivity index (χ0v) is 16.4. The number of alkyl halides is 3. The van der Waals surface area contributed by atoms with Crippen molar-refractivity contribution in [1.29, 1.82) is 0 Å². The normalized spacial score (nSPS) is 12.2. The Hall–Kier alpha value is -1.53. The van der Waals surface area contributed by atoms with Gasteiger partial charge in [-0.05, 0) is 49.7 Å². The van der Waals surface area contributed by atoms with E-state index < -0.39 is 19.3 Å². The number of halogens is 4. The Morgan fingerprint density at radius 1 is 1.04 bits per heavy atom. The first-order valence-corrected chi connectivity index (χ1v) is 10.3. The Balaban J connectivity index is 2.20. The largest absolute Gasteiger partial charge is 0.456 e. The minimum Gasteiger partial charge on any atom is -0.456 e. The van der Waals surface area contributed by atoms with E-state index >= 15 is 0 Å². The number of hydrogen-bond acceptors (Lipinski definition) is 4. The van der Waals surface area contributed by atoms with E-state index in [2.05, 4.69) is 0 Å². The van der Waals surface area contributed by atoms with E-state index in [0.717, 1.165) is 18.2 Å². The first kappa shape index (κ1) is 21.8. The van der Waals surface area contributed by atoms with Crippen molar-refractivity contribution < 1.29 is 31.5 Å². The van der Waals surface area contributed by atoms with Crippen molar-refractivity contribution in [2.45, 2.75) is 26.2 Å². The van der Waals surface area contributed by atoms with Gasteiger partial charge < -0.3 is 13.8 Å². The first-order chi connectivity index (χ1) is 12.7. The quantitative estimate of drug-likeness (QED) is 0.433. The van der Waals surface area contributed by atoms with Crippen LogP contribution in [0, 0.1) is 0 Å². The molecule has 0 N–H and O–H groups in total. The van der Waals surface area contributed by atoms with Crippen molar-refractivity contribution in [2.24, 2.45) is 0 Å². The Morgan fingerprint density at radius 2 is 1.70 bits per heavy atom. The van der Waals surface area contributed by atoms with Crippen LogP contribution in [0.4, 0.5) is 13.2 Å². The molecule has 0 aliphatic carbocycles. The Morgan fingerprint density at radius 3 is 2.26 bits per heavy atom. The highest BCUT2D eigenvalue weighted by atomic mass is 35.5. The van der Waals surface area contributed by atoms with E-state index in [-0.39, 0.29) is 30.1 Å². The zero-order valence-electron chi connectivity index (χ0n) is 14.8. The summed E-state index contributed by atoms with van der Waals surface area (Å²) < 4.78 is 66.9. The molecule has 27 heavy (non-hydrogen) atoms. The molecular formula is C18H19ClF3O4P. The topological polar surface area (TPSA) is 44.8 Å². The maximum Gasteiger partial charge on any atom is 0.416 e. The fourth-order valence-corrected chi connectivity index (χ4v) is 4.25. The number of ether oxygens (including phenoxy) is 1. The van der Waals surface area contributed by atoms with E-state index in [9.17, 15) is 17.7 Å². The summed E-state index contributed by atoms with van der Waals surface area (Å²) in [5.74, 6) is 0.424. The fraction of sp³-hybridized carbons (Fsp3) is 0.333. The van der Waals surface area contributed by atoms with Crippen molar-refractivity contribution >= 4 is 19.2 Å². The molecule has 0 heterocycles. The second kappa shape index (κ2) is 9.11. The third-order valence-corrected chi connectivity index (χ3v) is 5.76. The van der Waals surface area contributed by atoms with Gasteiger partial charge in [0.1, 0.15) is 11.5 Å². The molecule has 0 fully saturated rings. The standard InChI is InChI=1S/C18H19ClF3O4P/c1-3-24-27(23,25-4-2)12-13-6-5-7-15(10-13)26-17-9-8-14(11-16(17)19)18(20,21)22/h5-11H,3-4,12H2,1-2H3. The summed E-state index contributed by atoms with van der Waals surface area (Å²) in [6, 6.07) is 9.48. The smallest absolute Gasteiger partial charge is 0.416 e. The Bertz CT molecular complexity index is 816. The van der Waals surface area contributed by atoms with Crippen LogP contribution in [0.3, 0.4) is 0 Å². The Labute approximate surface area is 160 Å². The van der Waals surface area contributed by atoms with E-state index in [4.69, 9.17) is 25.4 Å². The van der Waals surface area contributed by atoms with Gasteiger partial charge in [-0.1, -0.05) is 23.7 Å². The molecule has 0 saturated carbocycles. The fourth-order valence-electron chi connectivity index (χ4n) is 2.34. The summed E-state index contributed by atoms with van der Waals surface area (Å²) >= 11 is 5.90. The van der Waals surface area contributed by atoms with Gasteiger partial charge in [-0.15, -0.1) is 0 Å². The zero-order chi connectivity index (χ0) is 20.1. The number of hydrogen-bond donors (Lipinski definition) is 0. The molecule has 0 radical (unpaired) electrons. The average molecular weight is 423 g/mol. The lowest BCUT2D eigenvalue weighted by atomic mass is 10.2.